The number of hydrogen-bond acceptors (Lipinski definition) is 4. The minimum atomic E-state index is -4.57. The number of alkyl halides is 3. The van der Waals surface area contributed by atoms with E-state index in [1.54, 1.807) is 18.2 Å². The van der Waals surface area contributed by atoms with Gasteiger partial charge in [-0.15, -0.1) is 0 Å². The van der Waals surface area contributed by atoms with Gasteiger partial charge < -0.3 is 4.74 Å². The minimum Gasteiger partial charge on any atom is -0.468 e. The monoisotopic (exact) mass is 387 g/mol. The molecule has 0 heterocycles. The third-order valence-electron chi connectivity index (χ3n) is 3.76. The molecule has 0 aliphatic rings. The molecule has 2 aromatic carbocycles. The Balaban J connectivity index is 2.49. The Morgan fingerprint density at radius 2 is 1.58 bits per heavy atom. The number of carbonyl (C=O) groups excluding carboxylic acids is 1. The standard InChI is InChI=1S/C17H16F3NO4S/c1-21(14-6-4-3-5-7-14)26(23,24)15(16(22)25-2)12-8-10-13(11-9-12)17(18,19)20/h3-11,15H,1-2H3. The predicted molar refractivity (Wildman–Crippen MR) is 90.0 cm³/mol. The molecular formula is C17H16F3NO4S. The molecule has 0 spiro atoms. The number of rotatable bonds is 5. The maximum Gasteiger partial charge on any atom is 0.416 e. The number of nitrogens with zero attached hydrogens (tertiary/aromatic N) is 1. The van der Waals surface area contributed by atoms with Crippen molar-refractivity contribution >= 4 is 21.7 Å². The van der Waals surface area contributed by atoms with Gasteiger partial charge in [-0.2, -0.15) is 13.2 Å². The molecule has 0 aliphatic carbocycles. The fourth-order valence-corrected chi connectivity index (χ4v) is 3.90. The third kappa shape index (κ3) is 3.98. The summed E-state index contributed by atoms with van der Waals surface area (Å²) >= 11 is 0. The van der Waals surface area contributed by atoms with Gasteiger partial charge in [-0.1, -0.05) is 30.3 Å². The fraction of sp³-hybridized carbons (Fsp3) is 0.235. The van der Waals surface area contributed by atoms with E-state index in [9.17, 15) is 26.4 Å². The van der Waals surface area contributed by atoms with Crippen LogP contribution < -0.4 is 4.31 Å². The zero-order valence-corrected chi connectivity index (χ0v) is 14.7. The van der Waals surface area contributed by atoms with Crippen LogP contribution in [0.4, 0.5) is 18.9 Å². The third-order valence-corrected chi connectivity index (χ3v) is 5.79. The summed E-state index contributed by atoms with van der Waals surface area (Å²) < 4.78 is 69.4. The van der Waals surface area contributed by atoms with Crippen molar-refractivity contribution in [2.24, 2.45) is 0 Å². The van der Waals surface area contributed by atoms with E-state index in [0.29, 0.717) is 5.69 Å². The summed E-state index contributed by atoms with van der Waals surface area (Å²) in [6, 6.07) is 11.3. The molecule has 0 fully saturated rings. The van der Waals surface area contributed by atoms with Gasteiger partial charge in [-0.3, -0.25) is 9.10 Å². The summed E-state index contributed by atoms with van der Waals surface area (Å²) in [6.45, 7) is 0. The molecule has 9 heteroatoms. The van der Waals surface area contributed by atoms with Crippen LogP contribution in [0.1, 0.15) is 16.4 Å². The Morgan fingerprint density at radius 3 is 2.04 bits per heavy atom. The van der Waals surface area contributed by atoms with Gasteiger partial charge in [-0.25, -0.2) is 8.42 Å². The van der Waals surface area contributed by atoms with Crippen molar-refractivity contribution in [2.75, 3.05) is 18.5 Å². The summed E-state index contributed by atoms with van der Waals surface area (Å²) in [5.74, 6) is -1.09. The van der Waals surface area contributed by atoms with E-state index >= 15 is 0 Å². The molecule has 0 saturated carbocycles. The molecule has 0 amide bonds. The van der Waals surface area contributed by atoms with Crippen LogP contribution >= 0.6 is 0 Å². The number of benzene rings is 2. The summed E-state index contributed by atoms with van der Waals surface area (Å²) in [5.41, 5.74) is -0.764. The van der Waals surface area contributed by atoms with Crippen molar-refractivity contribution < 1.29 is 31.1 Å². The van der Waals surface area contributed by atoms with Crippen molar-refractivity contribution in [2.45, 2.75) is 11.4 Å². The van der Waals surface area contributed by atoms with E-state index in [4.69, 9.17) is 0 Å². The number of methoxy groups -OCH3 is 1. The lowest BCUT2D eigenvalue weighted by atomic mass is 10.1. The minimum absolute atomic E-state index is 0.118. The highest BCUT2D eigenvalue weighted by Crippen LogP contribution is 2.33. The zero-order chi connectivity index (χ0) is 19.5. The highest BCUT2D eigenvalue weighted by molar-refractivity contribution is 7.93. The molecule has 1 atom stereocenters. The number of sulfonamides is 1. The van der Waals surface area contributed by atoms with Gasteiger partial charge >= 0.3 is 12.1 Å². The summed E-state index contributed by atoms with van der Waals surface area (Å²) in [6.07, 6.45) is -4.57. The lowest BCUT2D eigenvalue weighted by Crippen LogP contribution is -2.36. The van der Waals surface area contributed by atoms with Gasteiger partial charge in [0.2, 0.25) is 5.25 Å². The number of para-hydroxylation sites is 1. The van der Waals surface area contributed by atoms with Crippen molar-refractivity contribution in [3.8, 4) is 0 Å². The van der Waals surface area contributed by atoms with Gasteiger partial charge in [0.1, 0.15) is 0 Å². The summed E-state index contributed by atoms with van der Waals surface area (Å²) in [5, 5.41) is -1.79. The molecule has 0 bridgehead atoms. The lowest BCUT2D eigenvalue weighted by Gasteiger charge is -2.25. The van der Waals surface area contributed by atoms with E-state index < -0.39 is 33.0 Å². The molecule has 0 aliphatic heterocycles. The maximum atomic E-state index is 12.9. The largest absolute Gasteiger partial charge is 0.468 e. The van der Waals surface area contributed by atoms with Gasteiger partial charge in [0.25, 0.3) is 10.0 Å². The number of ether oxygens (including phenoxy) is 1. The molecule has 26 heavy (non-hydrogen) atoms. The molecule has 0 saturated heterocycles. The van der Waals surface area contributed by atoms with Crippen LogP contribution in [0.15, 0.2) is 54.6 Å². The van der Waals surface area contributed by atoms with E-state index in [-0.39, 0.29) is 5.56 Å². The topological polar surface area (TPSA) is 63.7 Å². The predicted octanol–water partition coefficient (Wildman–Crippen LogP) is 3.39. The first kappa shape index (κ1) is 19.8. The first-order valence-electron chi connectivity index (χ1n) is 7.37. The number of hydrogen-bond donors (Lipinski definition) is 0. The van der Waals surface area contributed by atoms with E-state index in [1.807, 2.05) is 0 Å². The van der Waals surface area contributed by atoms with Gasteiger partial charge in [0, 0.05) is 7.05 Å². The molecule has 0 radical (unpaired) electrons. The van der Waals surface area contributed by atoms with Gasteiger partial charge in [-0.05, 0) is 29.8 Å². The number of halogens is 3. The van der Waals surface area contributed by atoms with Gasteiger partial charge in [0.15, 0.2) is 0 Å². The fourth-order valence-electron chi connectivity index (χ4n) is 2.33. The molecule has 5 nitrogen and oxygen atoms in total. The highest BCUT2D eigenvalue weighted by atomic mass is 32.2. The molecule has 0 aromatic heterocycles. The molecule has 2 rings (SSSR count). The maximum absolute atomic E-state index is 12.9. The Hall–Kier alpha value is -2.55. The number of carbonyl (C=O) groups is 1. The van der Waals surface area contributed by atoms with E-state index in [0.717, 1.165) is 35.7 Å². The average Bonchev–Trinajstić information content (AvgIpc) is 2.61. The van der Waals surface area contributed by atoms with Crippen LogP contribution in [0.25, 0.3) is 0 Å². The summed E-state index contributed by atoms with van der Waals surface area (Å²) in [7, 11) is -2.02. The molecule has 0 N–H and O–H groups in total. The number of anilines is 1. The van der Waals surface area contributed by atoms with Crippen LogP contribution in [-0.4, -0.2) is 28.5 Å². The van der Waals surface area contributed by atoms with Crippen molar-refractivity contribution in [1.82, 2.24) is 0 Å². The SMILES string of the molecule is COC(=O)C(c1ccc(C(F)(F)F)cc1)S(=O)(=O)N(C)c1ccccc1. The molecule has 2 aromatic rings. The molecule has 140 valence electrons. The van der Waals surface area contributed by atoms with Crippen LogP contribution in [0, 0.1) is 0 Å². The Bertz CT molecular complexity index is 865. The zero-order valence-electron chi connectivity index (χ0n) is 13.9. The van der Waals surface area contributed by atoms with Crippen LogP contribution in [0.5, 0.6) is 0 Å². The molecule has 1 unspecified atom stereocenters. The van der Waals surface area contributed by atoms with Crippen LogP contribution in [-0.2, 0) is 25.7 Å². The van der Waals surface area contributed by atoms with E-state index in [2.05, 4.69) is 4.74 Å². The molecular weight excluding hydrogens is 371 g/mol. The smallest absolute Gasteiger partial charge is 0.416 e. The van der Waals surface area contributed by atoms with Crippen molar-refractivity contribution in [3.05, 3.63) is 65.7 Å². The van der Waals surface area contributed by atoms with E-state index in [1.165, 1.54) is 19.2 Å². The average molecular weight is 387 g/mol. The second-order valence-corrected chi connectivity index (χ2v) is 7.42. The first-order valence-corrected chi connectivity index (χ1v) is 8.87. The number of esters is 1. The first-order chi connectivity index (χ1) is 12.1. The Kier molecular flexibility index (Phi) is 5.60. The quantitative estimate of drug-likeness (QED) is 0.738. The Morgan fingerprint density at radius 1 is 1.04 bits per heavy atom. The second-order valence-electron chi connectivity index (χ2n) is 5.37. The normalized spacial score (nSPS) is 13.1. The second kappa shape index (κ2) is 7.36. The summed E-state index contributed by atoms with van der Waals surface area (Å²) in [4.78, 5) is 12.1. The van der Waals surface area contributed by atoms with Gasteiger partial charge in [0.05, 0.1) is 18.4 Å². The van der Waals surface area contributed by atoms with Crippen LogP contribution in [0.2, 0.25) is 0 Å². The van der Waals surface area contributed by atoms with Crippen molar-refractivity contribution in [1.29, 1.82) is 0 Å². The Labute approximate surface area is 149 Å². The lowest BCUT2D eigenvalue weighted by molar-refractivity contribution is -0.140. The van der Waals surface area contributed by atoms with Crippen molar-refractivity contribution in [3.63, 3.8) is 0 Å². The van der Waals surface area contributed by atoms with Crippen LogP contribution in [0.3, 0.4) is 0 Å². The highest BCUT2D eigenvalue weighted by Gasteiger charge is 2.39.